The van der Waals surface area contributed by atoms with Gasteiger partial charge in [-0.15, -0.1) is 11.3 Å². The molecule has 0 fully saturated rings. The lowest BCUT2D eigenvalue weighted by Crippen LogP contribution is -2.40. The van der Waals surface area contributed by atoms with Crippen molar-refractivity contribution in [2.45, 2.75) is 6.17 Å². The van der Waals surface area contributed by atoms with Gasteiger partial charge in [-0.2, -0.15) is 0 Å². The van der Waals surface area contributed by atoms with Gasteiger partial charge in [0.05, 0.1) is 0 Å². The predicted molar refractivity (Wildman–Crippen MR) is 43.4 cm³/mol. The van der Waals surface area contributed by atoms with Gasteiger partial charge in [-0.3, -0.25) is 5.32 Å². The van der Waals surface area contributed by atoms with Crippen molar-refractivity contribution in [3.05, 3.63) is 17.0 Å². The third-order valence-corrected chi connectivity index (χ3v) is 2.39. The number of carbonyl (C=O) groups excluding carboxylic acids is 1. The largest absolute Gasteiger partial charge is 0.321 e. The molecule has 4 nitrogen and oxygen atoms in total. The third kappa shape index (κ3) is 0.979. The van der Waals surface area contributed by atoms with Gasteiger partial charge in [-0.05, 0) is 11.4 Å². The number of urea groups is 1. The summed E-state index contributed by atoms with van der Waals surface area (Å²) in [5.74, 6) is 0. The van der Waals surface area contributed by atoms with Crippen LogP contribution in [0.15, 0.2) is 11.4 Å². The van der Waals surface area contributed by atoms with Crippen molar-refractivity contribution in [3.8, 4) is 0 Å². The molecule has 2 amide bonds. The normalized spacial score (nSPS) is 21.9. The molecule has 0 spiro atoms. The van der Waals surface area contributed by atoms with Crippen LogP contribution in [0.25, 0.3) is 0 Å². The summed E-state index contributed by atoms with van der Waals surface area (Å²) >= 11 is 1.48. The molecule has 1 aromatic rings. The van der Waals surface area contributed by atoms with Crippen molar-refractivity contribution >= 4 is 22.4 Å². The van der Waals surface area contributed by atoms with Gasteiger partial charge in [0.2, 0.25) is 0 Å². The molecule has 5 heteroatoms. The number of hydrogen-bond acceptors (Lipinski definition) is 3. The molecule has 2 heterocycles. The van der Waals surface area contributed by atoms with Crippen LogP contribution in [0, 0.1) is 0 Å². The second-order valence-electron chi connectivity index (χ2n) is 2.28. The van der Waals surface area contributed by atoms with Gasteiger partial charge in [0.25, 0.3) is 0 Å². The van der Waals surface area contributed by atoms with Crippen LogP contribution in [0.2, 0.25) is 0 Å². The Hall–Kier alpha value is -1.07. The minimum absolute atomic E-state index is 0.229. The van der Waals surface area contributed by atoms with E-state index in [9.17, 15) is 4.79 Å². The molecule has 1 atom stereocenters. The summed E-state index contributed by atoms with van der Waals surface area (Å²) in [6.07, 6.45) is -0.356. The summed E-state index contributed by atoms with van der Waals surface area (Å²) in [5.41, 5.74) is 6.57. The Morgan fingerprint density at radius 3 is 3.27 bits per heavy atom. The summed E-state index contributed by atoms with van der Waals surface area (Å²) < 4.78 is 0. The Bertz CT molecular complexity index is 296. The second-order valence-corrected chi connectivity index (χ2v) is 3.20. The highest BCUT2D eigenvalue weighted by Crippen LogP contribution is 2.29. The summed E-state index contributed by atoms with van der Waals surface area (Å²) in [4.78, 5) is 10.8. The van der Waals surface area contributed by atoms with Gasteiger partial charge < -0.3 is 11.1 Å². The Morgan fingerprint density at radius 2 is 2.45 bits per heavy atom. The topological polar surface area (TPSA) is 67.1 Å². The van der Waals surface area contributed by atoms with Gasteiger partial charge >= 0.3 is 6.03 Å². The molecule has 4 N–H and O–H groups in total. The Morgan fingerprint density at radius 1 is 1.64 bits per heavy atom. The van der Waals surface area contributed by atoms with Crippen LogP contribution in [0.5, 0.6) is 0 Å². The first-order valence-electron chi connectivity index (χ1n) is 3.18. The lowest BCUT2D eigenvalue weighted by Gasteiger charge is -2.20. The van der Waals surface area contributed by atoms with Crippen molar-refractivity contribution in [1.29, 1.82) is 0 Å². The number of nitrogens with two attached hydrogens (primary N) is 1. The van der Waals surface area contributed by atoms with Crippen LogP contribution >= 0.6 is 11.3 Å². The van der Waals surface area contributed by atoms with E-state index < -0.39 is 0 Å². The van der Waals surface area contributed by atoms with Crippen LogP contribution in [0.3, 0.4) is 0 Å². The maximum Gasteiger partial charge on any atom is 0.321 e. The van der Waals surface area contributed by atoms with E-state index in [2.05, 4.69) is 10.6 Å². The molecule has 0 saturated heterocycles. The predicted octanol–water partition coefficient (Wildman–Crippen LogP) is 0.841. The van der Waals surface area contributed by atoms with Gasteiger partial charge in [-0.25, -0.2) is 4.79 Å². The first kappa shape index (κ1) is 6.63. The highest BCUT2D eigenvalue weighted by molar-refractivity contribution is 7.14. The average molecular weight is 169 g/mol. The Labute approximate surface area is 67.4 Å². The summed E-state index contributed by atoms with van der Waals surface area (Å²) in [7, 11) is 0. The zero-order valence-corrected chi connectivity index (χ0v) is 6.44. The Balaban J connectivity index is 2.43. The molecule has 0 aliphatic carbocycles. The number of fused-ring (bicyclic) bond motifs is 1. The smallest absolute Gasteiger partial charge is 0.318 e. The van der Waals surface area contributed by atoms with Crippen molar-refractivity contribution < 1.29 is 4.79 Å². The lowest BCUT2D eigenvalue weighted by molar-refractivity contribution is 0.247. The first-order chi connectivity index (χ1) is 5.27. The second kappa shape index (κ2) is 2.21. The SMILES string of the molecule is NC1NC(=O)Nc2sccc21. The molecular weight excluding hydrogens is 162 g/mol. The van der Waals surface area contributed by atoms with E-state index in [1.54, 1.807) is 0 Å². The van der Waals surface area contributed by atoms with Crippen molar-refractivity contribution in [2.24, 2.45) is 5.73 Å². The van der Waals surface area contributed by atoms with E-state index >= 15 is 0 Å². The number of amides is 2. The maximum atomic E-state index is 10.8. The molecule has 0 radical (unpaired) electrons. The molecule has 1 unspecified atom stereocenters. The average Bonchev–Trinajstić information content (AvgIpc) is 2.34. The number of thiophene rings is 1. The third-order valence-electron chi connectivity index (χ3n) is 1.54. The van der Waals surface area contributed by atoms with Crippen LogP contribution in [0.4, 0.5) is 9.80 Å². The molecule has 11 heavy (non-hydrogen) atoms. The summed E-state index contributed by atoms with van der Waals surface area (Å²) in [5, 5.41) is 7.96. The molecule has 1 aliphatic heterocycles. The van der Waals surface area contributed by atoms with Crippen LogP contribution in [0.1, 0.15) is 11.7 Å². The zero-order valence-electron chi connectivity index (χ0n) is 5.63. The van der Waals surface area contributed by atoms with Gasteiger partial charge in [0, 0.05) is 5.56 Å². The molecule has 58 valence electrons. The summed E-state index contributed by atoms with van der Waals surface area (Å²) in [6.45, 7) is 0. The number of hydrogen-bond donors (Lipinski definition) is 3. The van der Waals surface area contributed by atoms with Crippen LogP contribution in [-0.4, -0.2) is 6.03 Å². The standard InChI is InChI=1S/C6H7N3OS/c7-4-3-1-2-11-5(3)9-6(10)8-4/h1-2,4H,7H2,(H2,8,9,10). The number of carbonyl (C=O) groups is 1. The molecule has 1 aromatic heterocycles. The fourth-order valence-corrected chi connectivity index (χ4v) is 1.86. The highest BCUT2D eigenvalue weighted by atomic mass is 32.1. The van der Waals surface area contributed by atoms with E-state index in [0.29, 0.717) is 0 Å². The molecule has 0 bridgehead atoms. The Kier molecular flexibility index (Phi) is 1.33. The number of anilines is 1. The van der Waals surface area contributed by atoms with E-state index in [4.69, 9.17) is 5.73 Å². The van der Waals surface area contributed by atoms with Crippen molar-refractivity contribution in [1.82, 2.24) is 5.32 Å². The molecule has 0 saturated carbocycles. The number of rotatable bonds is 0. The zero-order chi connectivity index (χ0) is 7.84. The molecular formula is C6H7N3OS. The van der Waals surface area contributed by atoms with E-state index in [1.165, 1.54) is 11.3 Å². The van der Waals surface area contributed by atoms with E-state index in [-0.39, 0.29) is 12.2 Å². The maximum absolute atomic E-state index is 10.8. The van der Waals surface area contributed by atoms with Gasteiger partial charge in [0.15, 0.2) is 0 Å². The monoisotopic (exact) mass is 169 g/mol. The van der Waals surface area contributed by atoms with Crippen molar-refractivity contribution in [2.75, 3.05) is 5.32 Å². The minimum Gasteiger partial charge on any atom is -0.318 e. The minimum atomic E-state index is -0.356. The molecule has 1 aliphatic rings. The lowest BCUT2D eigenvalue weighted by atomic mass is 10.2. The van der Waals surface area contributed by atoms with Gasteiger partial charge in [-0.1, -0.05) is 0 Å². The molecule has 2 rings (SSSR count). The fourth-order valence-electron chi connectivity index (χ4n) is 1.02. The number of nitrogens with one attached hydrogen (secondary N) is 2. The summed E-state index contributed by atoms with van der Waals surface area (Å²) in [6, 6.07) is 1.67. The van der Waals surface area contributed by atoms with Crippen LogP contribution < -0.4 is 16.4 Å². The quantitative estimate of drug-likeness (QED) is 0.538. The molecule has 0 aromatic carbocycles. The van der Waals surface area contributed by atoms with Crippen molar-refractivity contribution in [3.63, 3.8) is 0 Å². The van der Waals surface area contributed by atoms with Crippen LogP contribution in [-0.2, 0) is 0 Å². The first-order valence-corrected chi connectivity index (χ1v) is 4.06. The fraction of sp³-hybridized carbons (Fsp3) is 0.167. The van der Waals surface area contributed by atoms with Gasteiger partial charge in [0.1, 0.15) is 11.2 Å². The highest BCUT2D eigenvalue weighted by Gasteiger charge is 2.21. The van der Waals surface area contributed by atoms with E-state index in [1.807, 2.05) is 11.4 Å². The van der Waals surface area contributed by atoms with E-state index in [0.717, 1.165) is 10.6 Å².